The summed E-state index contributed by atoms with van der Waals surface area (Å²) in [6.45, 7) is 6.48. The van der Waals surface area contributed by atoms with Crippen LogP contribution in [0.1, 0.15) is 46.0 Å². The van der Waals surface area contributed by atoms with Crippen molar-refractivity contribution < 1.29 is 4.79 Å². The maximum atomic E-state index is 11.5. The Morgan fingerprint density at radius 3 is 2.56 bits per heavy atom. The van der Waals surface area contributed by atoms with E-state index in [1.807, 2.05) is 6.92 Å². The van der Waals surface area contributed by atoms with Crippen molar-refractivity contribution >= 4 is 5.91 Å². The van der Waals surface area contributed by atoms with Crippen molar-refractivity contribution in [3.63, 3.8) is 0 Å². The predicted octanol–water partition coefficient (Wildman–Crippen LogP) is 1.35. The van der Waals surface area contributed by atoms with E-state index in [1.165, 1.54) is 12.8 Å². The fourth-order valence-electron chi connectivity index (χ4n) is 2.83. The van der Waals surface area contributed by atoms with Gasteiger partial charge in [-0.2, -0.15) is 0 Å². The summed E-state index contributed by atoms with van der Waals surface area (Å²) < 4.78 is 0. The quantitative estimate of drug-likeness (QED) is 0.753. The van der Waals surface area contributed by atoms with Crippen molar-refractivity contribution in [1.29, 1.82) is 0 Å². The predicted molar refractivity (Wildman–Crippen MR) is 75.3 cm³/mol. The van der Waals surface area contributed by atoms with Gasteiger partial charge in [-0.1, -0.05) is 6.92 Å². The second kappa shape index (κ2) is 7.10. The number of likely N-dealkylation sites (N-methyl/N-ethyl adjacent to an activating group) is 1. The monoisotopic (exact) mass is 255 g/mol. The topological polar surface area (TPSA) is 58.4 Å². The lowest BCUT2D eigenvalue weighted by Gasteiger charge is -2.45. The molecule has 0 bridgehead atoms. The van der Waals surface area contributed by atoms with Crippen LogP contribution in [0.2, 0.25) is 0 Å². The van der Waals surface area contributed by atoms with E-state index in [0.29, 0.717) is 19.5 Å². The van der Waals surface area contributed by atoms with E-state index >= 15 is 0 Å². The van der Waals surface area contributed by atoms with Crippen molar-refractivity contribution in [2.45, 2.75) is 51.5 Å². The molecule has 1 rings (SSSR count). The molecule has 0 heterocycles. The molecule has 0 unspecified atom stereocenters. The lowest BCUT2D eigenvalue weighted by molar-refractivity contribution is -0.121. The second-order valence-corrected chi connectivity index (χ2v) is 5.74. The molecule has 0 spiro atoms. The summed E-state index contributed by atoms with van der Waals surface area (Å²) in [7, 11) is 2.11. The number of hydrogen-bond donors (Lipinski definition) is 2. The molecule has 0 saturated heterocycles. The summed E-state index contributed by atoms with van der Waals surface area (Å²) in [5.41, 5.74) is 6.13. The Morgan fingerprint density at radius 1 is 1.44 bits per heavy atom. The molecular weight excluding hydrogens is 226 g/mol. The summed E-state index contributed by atoms with van der Waals surface area (Å²) in [5.74, 6) is 0.960. The molecule has 1 saturated carbocycles. The maximum absolute atomic E-state index is 11.5. The van der Waals surface area contributed by atoms with E-state index in [-0.39, 0.29) is 11.4 Å². The number of carbonyl (C=O) groups excluding carboxylic acids is 1. The summed E-state index contributed by atoms with van der Waals surface area (Å²) in [6.07, 6.45) is 5.40. The zero-order chi connectivity index (χ0) is 13.6. The van der Waals surface area contributed by atoms with E-state index in [0.717, 1.165) is 25.3 Å². The second-order valence-electron chi connectivity index (χ2n) is 5.74. The first-order chi connectivity index (χ1) is 8.54. The van der Waals surface area contributed by atoms with E-state index < -0.39 is 0 Å². The standard InChI is InChI=1S/C14H29N3O/c1-4-16-13(18)7-10-17(3)14(11-15)8-5-12(2)6-9-14/h12H,4-11,15H2,1-3H3,(H,16,18). The van der Waals surface area contributed by atoms with Gasteiger partial charge < -0.3 is 11.1 Å². The van der Waals surface area contributed by atoms with E-state index in [2.05, 4.69) is 24.2 Å². The van der Waals surface area contributed by atoms with Gasteiger partial charge in [0.15, 0.2) is 0 Å². The van der Waals surface area contributed by atoms with Gasteiger partial charge in [0, 0.05) is 31.6 Å². The fraction of sp³-hybridized carbons (Fsp3) is 0.929. The molecule has 1 fully saturated rings. The van der Waals surface area contributed by atoms with Crippen LogP contribution in [0.3, 0.4) is 0 Å². The molecule has 4 nitrogen and oxygen atoms in total. The number of carbonyl (C=O) groups is 1. The van der Waals surface area contributed by atoms with Crippen LogP contribution in [0, 0.1) is 5.92 Å². The lowest BCUT2D eigenvalue weighted by atomic mass is 9.76. The Labute approximate surface area is 111 Å². The Hall–Kier alpha value is -0.610. The van der Waals surface area contributed by atoms with Crippen molar-refractivity contribution in [2.24, 2.45) is 11.7 Å². The molecule has 0 aromatic rings. The third-order valence-corrected chi connectivity index (χ3v) is 4.44. The molecule has 0 aliphatic heterocycles. The normalized spacial score (nSPS) is 28.4. The maximum Gasteiger partial charge on any atom is 0.221 e. The van der Waals surface area contributed by atoms with Gasteiger partial charge in [0.1, 0.15) is 0 Å². The molecule has 0 aromatic heterocycles. The highest BCUT2D eigenvalue weighted by molar-refractivity contribution is 5.75. The van der Waals surface area contributed by atoms with Crippen LogP contribution in [0.5, 0.6) is 0 Å². The Morgan fingerprint density at radius 2 is 2.06 bits per heavy atom. The van der Waals surface area contributed by atoms with Gasteiger partial charge in [-0.05, 0) is 45.6 Å². The molecule has 3 N–H and O–H groups in total. The van der Waals surface area contributed by atoms with Gasteiger partial charge in [-0.15, -0.1) is 0 Å². The molecule has 0 atom stereocenters. The molecule has 106 valence electrons. The third-order valence-electron chi connectivity index (χ3n) is 4.44. The average Bonchev–Trinajstić information content (AvgIpc) is 2.38. The van der Waals surface area contributed by atoms with E-state index in [9.17, 15) is 4.79 Å². The minimum Gasteiger partial charge on any atom is -0.356 e. The first kappa shape index (κ1) is 15.4. The number of hydrogen-bond acceptors (Lipinski definition) is 3. The van der Waals surface area contributed by atoms with Crippen LogP contribution >= 0.6 is 0 Å². The Balaban J connectivity index is 2.46. The first-order valence-electron chi connectivity index (χ1n) is 7.22. The van der Waals surface area contributed by atoms with Gasteiger partial charge >= 0.3 is 0 Å². The molecule has 0 radical (unpaired) electrons. The van der Waals surface area contributed by atoms with Crippen molar-refractivity contribution in [3.05, 3.63) is 0 Å². The van der Waals surface area contributed by atoms with Crippen LogP contribution in [0.25, 0.3) is 0 Å². The van der Waals surface area contributed by atoms with Gasteiger partial charge in [0.05, 0.1) is 0 Å². The number of nitrogens with zero attached hydrogens (tertiary/aromatic N) is 1. The summed E-state index contributed by atoms with van der Waals surface area (Å²) in [6, 6.07) is 0. The molecule has 0 aromatic carbocycles. The zero-order valence-corrected chi connectivity index (χ0v) is 12.2. The van der Waals surface area contributed by atoms with Gasteiger partial charge in [0.25, 0.3) is 0 Å². The average molecular weight is 255 g/mol. The zero-order valence-electron chi connectivity index (χ0n) is 12.2. The Kier molecular flexibility index (Phi) is 6.09. The number of rotatable bonds is 6. The van der Waals surface area contributed by atoms with Crippen LogP contribution in [0.4, 0.5) is 0 Å². The van der Waals surface area contributed by atoms with Crippen molar-refractivity contribution in [1.82, 2.24) is 10.2 Å². The molecule has 1 amide bonds. The number of nitrogens with two attached hydrogens (primary N) is 1. The minimum atomic E-state index is 0.124. The molecule has 1 aliphatic carbocycles. The van der Waals surface area contributed by atoms with Crippen LogP contribution in [0.15, 0.2) is 0 Å². The fourth-order valence-corrected chi connectivity index (χ4v) is 2.83. The van der Waals surface area contributed by atoms with Gasteiger partial charge in [-0.25, -0.2) is 0 Å². The lowest BCUT2D eigenvalue weighted by Crippen LogP contribution is -2.54. The first-order valence-corrected chi connectivity index (χ1v) is 7.22. The number of nitrogens with one attached hydrogen (secondary N) is 1. The van der Waals surface area contributed by atoms with E-state index in [1.54, 1.807) is 0 Å². The molecular formula is C14H29N3O. The summed E-state index contributed by atoms with van der Waals surface area (Å²) in [4.78, 5) is 13.8. The third kappa shape index (κ3) is 3.95. The Bertz CT molecular complexity index is 260. The highest BCUT2D eigenvalue weighted by Crippen LogP contribution is 2.35. The summed E-state index contributed by atoms with van der Waals surface area (Å²) in [5, 5.41) is 2.84. The van der Waals surface area contributed by atoms with Gasteiger partial charge in [-0.3, -0.25) is 9.69 Å². The van der Waals surface area contributed by atoms with Crippen LogP contribution in [-0.2, 0) is 4.79 Å². The van der Waals surface area contributed by atoms with Crippen LogP contribution < -0.4 is 11.1 Å². The highest BCUT2D eigenvalue weighted by atomic mass is 16.1. The minimum absolute atomic E-state index is 0.124. The highest BCUT2D eigenvalue weighted by Gasteiger charge is 2.36. The molecule has 18 heavy (non-hydrogen) atoms. The van der Waals surface area contributed by atoms with Crippen molar-refractivity contribution in [3.8, 4) is 0 Å². The van der Waals surface area contributed by atoms with Gasteiger partial charge in [0.2, 0.25) is 5.91 Å². The molecule has 4 heteroatoms. The smallest absolute Gasteiger partial charge is 0.221 e. The summed E-state index contributed by atoms with van der Waals surface area (Å²) >= 11 is 0. The molecule has 1 aliphatic rings. The largest absolute Gasteiger partial charge is 0.356 e. The van der Waals surface area contributed by atoms with Crippen molar-refractivity contribution in [2.75, 3.05) is 26.7 Å². The van der Waals surface area contributed by atoms with Crippen LogP contribution in [-0.4, -0.2) is 43.0 Å². The SMILES string of the molecule is CCNC(=O)CCN(C)C1(CN)CCC(C)CC1. The number of amides is 1. The van der Waals surface area contributed by atoms with E-state index in [4.69, 9.17) is 5.73 Å².